The zero-order valence-corrected chi connectivity index (χ0v) is 9.87. The number of urea groups is 1. The Bertz CT molecular complexity index is 333. The number of hydrogen-bond acceptors (Lipinski definition) is 5. The molecule has 0 radical (unpaired) electrons. The Labute approximate surface area is 101 Å². The number of nitrogens with two attached hydrogens (primary N) is 1. The van der Waals surface area contributed by atoms with Crippen molar-refractivity contribution in [3.05, 3.63) is 0 Å². The smallest absolute Gasteiger partial charge is 0.327 e. The van der Waals surface area contributed by atoms with Crippen LogP contribution in [0.25, 0.3) is 0 Å². The number of imide groups is 1. The summed E-state index contributed by atoms with van der Waals surface area (Å²) in [6.45, 7) is 1.19. The zero-order chi connectivity index (χ0) is 13.4. The number of carboxylic acids is 1. The molecule has 0 bridgehead atoms. The van der Waals surface area contributed by atoms with E-state index in [0.29, 0.717) is 0 Å². The third kappa shape index (κ3) is 8.08. The molecule has 0 aliphatic heterocycles. The van der Waals surface area contributed by atoms with Gasteiger partial charge in [-0.3, -0.25) is 14.9 Å². The Balaban J connectivity index is 3.98. The number of amides is 4. The zero-order valence-electron chi connectivity index (χ0n) is 9.06. The first-order valence-corrected chi connectivity index (χ1v) is 5.65. The highest BCUT2D eigenvalue weighted by atomic mass is 32.2. The number of thioether (sulfide) groups is 1. The van der Waals surface area contributed by atoms with E-state index in [0.717, 1.165) is 11.8 Å². The molecule has 0 saturated heterocycles. The van der Waals surface area contributed by atoms with E-state index < -0.39 is 29.9 Å². The second-order valence-corrected chi connectivity index (χ2v) is 4.05. The number of rotatable bonds is 6. The topological polar surface area (TPSA) is 139 Å². The van der Waals surface area contributed by atoms with Crippen molar-refractivity contribution in [3.8, 4) is 0 Å². The van der Waals surface area contributed by atoms with Gasteiger partial charge in [0.25, 0.3) is 0 Å². The van der Waals surface area contributed by atoms with Crippen LogP contribution in [0.15, 0.2) is 0 Å². The lowest BCUT2D eigenvalue weighted by atomic mass is 10.3. The first-order valence-electron chi connectivity index (χ1n) is 4.50. The highest BCUT2D eigenvalue weighted by Crippen LogP contribution is 2.03. The molecule has 0 aromatic carbocycles. The van der Waals surface area contributed by atoms with E-state index in [1.807, 2.05) is 5.32 Å². The van der Waals surface area contributed by atoms with E-state index in [1.165, 1.54) is 6.92 Å². The molecular formula is C8H13N3O5S. The van der Waals surface area contributed by atoms with Gasteiger partial charge in [-0.2, -0.15) is 0 Å². The normalized spacial score (nSPS) is 11.4. The molecule has 17 heavy (non-hydrogen) atoms. The van der Waals surface area contributed by atoms with E-state index in [-0.39, 0.29) is 11.5 Å². The fraction of sp³-hybridized carbons (Fsp3) is 0.500. The van der Waals surface area contributed by atoms with Crippen molar-refractivity contribution in [2.45, 2.75) is 13.0 Å². The van der Waals surface area contributed by atoms with Crippen LogP contribution in [-0.2, 0) is 14.4 Å². The van der Waals surface area contributed by atoms with E-state index in [9.17, 15) is 19.2 Å². The minimum Gasteiger partial charge on any atom is -0.480 e. The van der Waals surface area contributed by atoms with Gasteiger partial charge in [-0.25, -0.2) is 9.59 Å². The Kier molecular flexibility index (Phi) is 6.71. The summed E-state index contributed by atoms with van der Waals surface area (Å²) < 4.78 is 0. The number of carbonyl (C=O) groups excluding carboxylic acids is 3. The molecular weight excluding hydrogens is 250 g/mol. The summed E-state index contributed by atoms with van der Waals surface area (Å²) >= 11 is 0.966. The minimum atomic E-state index is -1.19. The summed E-state index contributed by atoms with van der Waals surface area (Å²) in [5.74, 6) is -2.38. The van der Waals surface area contributed by atoms with Crippen LogP contribution in [0, 0.1) is 0 Å². The van der Waals surface area contributed by atoms with Gasteiger partial charge >= 0.3 is 12.0 Å². The van der Waals surface area contributed by atoms with E-state index in [2.05, 4.69) is 5.32 Å². The standard InChI is InChI=1S/C8H13N3O5S/c1-4(12)10-5(7(14)15)2-17-3-6(13)11-8(9)16/h5H,2-3H2,1H3,(H,10,12)(H,14,15)(H3,9,11,13,16)/t5-/m0/s1. The summed E-state index contributed by atoms with van der Waals surface area (Å²) in [5.41, 5.74) is 4.71. The number of hydrogen-bond donors (Lipinski definition) is 4. The molecule has 1 atom stereocenters. The quantitative estimate of drug-likeness (QED) is 0.460. The number of nitrogens with one attached hydrogen (secondary N) is 2. The van der Waals surface area contributed by atoms with Crippen molar-refractivity contribution >= 4 is 35.6 Å². The Hall–Kier alpha value is -1.77. The molecule has 0 aromatic heterocycles. The Morgan fingerprint density at radius 2 is 1.94 bits per heavy atom. The van der Waals surface area contributed by atoms with Crippen molar-refractivity contribution in [2.24, 2.45) is 5.73 Å². The van der Waals surface area contributed by atoms with Crippen LogP contribution in [0.5, 0.6) is 0 Å². The summed E-state index contributed by atoms with van der Waals surface area (Å²) in [7, 11) is 0. The van der Waals surface area contributed by atoms with Gasteiger partial charge in [0, 0.05) is 12.7 Å². The second-order valence-electron chi connectivity index (χ2n) is 3.02. The molecule has 0 fully saturated rings. The van der Waals surface area contributed by atoms with Gasteiger partial charge in [-0.05, 0) is 0 Å². The maximum Gasteiger partial charge on any atom is 0.327 e. The third-order valence-electron chi connectivity index (χ3n) is 1.46. The minimum absolute atomic E-state index is 0.0150. The van der Waals surface area contributed by atoms with Gasteiger partial charge in [0.15, 0.2) is 0 Å². The number of carboxylic acid groups (broad SMARTS) is 1. The van der Waals surface area contributed by atoms with Crippen molar-refractivity contribution in [1.82, 2.24) is 10.6 Å². The maximum atomic E-state index is 11.0. The molecule has 0 unspecified atom stereocenters. The molecule has 96 valence electrons. The molecule has 0 spiro atoms. The van der Waals surface area contributed by atoms with Gasteiger partial charge in [0.1, 0.15) is 6.04 Å². The van der Waals surface area contributed by atoms with Crippen molar-refractivity contribution in [3.63, 3.8) is 0 Å². The number of carbonyl (C=O) groups is 4. The molecule has 5 N–H and O–H groups in total. The third-order valence-corrected chi connectivity index (χ3v) is 2.49. The van der Waals surface area contributed by atoms with Crippen molar-refractivity contribution in [1.29, 1.82) is 0 Å². The second kappa shape index (κ2) is 7.49. The van der Waals surface area contributed by atoms with Crippen LogP contribution in [0.1, 0.15) is 6.92 Å². The average molecular weight is 263 g/mol. The van der Waals surface area contributed by atoms with Gasteiger partial charge < -0.3 is 16.2 Å². The van der Waals surface area contributed by atoms with E-state index >= 15 is 0 Å². The molecule has 0 aliphatic carbocycles. The molecule has 0 saturated carbocycles. The van der Waals surface area contributed by atoms with Crippen LogP contribution in [0.2, 0.25) is 0 Å². The highest BCUT2D eigenvalue weighted by molar-refractivity contribution is 8.00. The van der Waals surface area contributed by atoms with Crippen molar-refractivity contribution in [2.75, 3.05) is 11.5 Å². The summed E-state index contributed by atoms with van der Waals surface area (Å²) in [6.07, 6.45) is 0. The molecule has 4 amide bonds. The van der Waals surface area contributed by atoms with Crippen LogP contribution in [-0.4, -0.2) is 46.5 Å². The Morgan fingerprint density at radius 3 is 2.35 bits per heavy atom. The van der Waals surface area contributed by atoms with Gasteiger partial charge in [-0.1, -0.05) is 0 Å². The molecule has 0 rings (SSSR count). The van der Waals surface area contributed by atoms with Gasteiger partial charge in [-0.15, -0.1) is 11.8 Å². The lowest BCUT2D eigenvalue weighted by Gasteiger charge is -2.12. The summed E-state index contributed by atoms with van der Waals surface area (Å²) in [4.78, 5) is 42.6. The molecule has 0 aromatic rings. The van der Waals surface area contributed by atoms with E-state index in [4.69, 9.17) is 10.8 Å². The predicted octanol–water partition coefficient (Wildman–Crippen LogP) is -1.50. The summed E-state index contributed by atoms with van der Waals surface area (Å²) in [5, 5.41) is 12.8. The monoisotopic (exact) mass is 263 g/mol. The summed E-state index contributed by atoms with van der Waals surface area (Å²) in [6, 6.07) is -2.04. The molecule has 0 heterocycles. The van der Waals surface area contributed by atoms with Crippen LogP contribution < -0.4 is 16.4 Å². The first kappa shape index (κ1) is 15.2. The van der Waals surface area contributed by atoms with Crippen LogP contribution in [0.4, 0.5) is 4.79 Å². The van der Waals surface area contributed by atoms with Crippen LogP contribution in [0.3, 0.4) is 0 Å². The molecule has 0 aliphatic rings. The number of aliphatic carboxylic acids is 1. The number of primary amides is 1. The predicted molar refractivity (Wildman–Crippen MR) is 60.3 cm³/mol. The highest BCUT2D eigenvalue weighted by Gasteiger charge is 2.18. The van der Waals surface area contributed by atoms with E-state index in [1.54, 1.807) is 0 Å². The largest absolute Gasteiger partial charge is 0.480 e. The Morgan fingerprint density at radius 1 is 1.35 bits per heavy atom. The molecule has 9 heteroatoms. The first-order chi connectivity index (χ1) is 7.82. The fourth-order valence-electron chi connectivity index (χ4n) is 0.863. The maximum absolute atomic E-state index is 11.0. The van der Waals surface area contributed by atoms with Crippen molar-refractivity contribution < 1.29 is 24.3 Å². The molecule has 8 nitrogen and oxygen atoms in total. The van der Waals surface area contributed by atoms with Gasteiger partial charge in [0.05, 0.1) is 5.75 Å². The fourth-order valence-corrected chi connectivity index (χ4v) is 1.70. The SMILES string of the molecule is CC(=O)N[C@@H](CSCC(=O)NC(N)=O)C(=O)O. The lowest BCUT2D eigenvalue weighted by Crippen LogP contribution is -2.42. The van der Waals surface area contributed by atoms with Crippen LogP contribution >= 0.6 is 11.8 Å². The average Bonchev–Trinajstić information content (AvgIpc) is 2.13. The lowest BCUT2D eigenvalue weighted by molar-refractivity contribution is -0.140. The van der Waals surface area contributed by atoms with Gasteiger partial charge in [0.2, 0.25) is 11.8 Å².